The molecule has 1 N–H and O–H groups in total. The smallest absolute Gasteiger partial charge is 0.323 e. The molecule has 1 aromatic carbocycles. The van der Waals surface area contributed by atoms with E-state index in [1.165, 1.54) is 0 Å². The van der Waals surface area contributed by atoms with Crippen molar-refractivity contribution in [2.45, 2.75) is 80.5 Å². The first kappa shape index (κ1) is 30.3. The zero-order valence-corrected chi connectivity index (χ0v) is 23.3. The second-order valence-electron chi connectivity index (χ2n) is 10.1. The maximum atomic E-state index is 12.5. The molecule has 1 aromatic rings. The molecular weight excluding hydrogens is 438 g/mol. The second kappa shape index (κ2) is 14.6. The van der Waals surface area contributed by atoms with Gasteiger partial charge >= 0.3 is 5.97 Å². The van der Waals surface area contributed by atoms with Crippen LogP contribution in [0.25, 0.3) is 0 Å². The van der Waals surface area contributed by atoms with Gasteiger partial charge < -0.3 is 15.0 Å². The van der Waals surface area contributed by atoms with E-state index in [1.54, 1.807) is 6.92 Å². The van der Waals surface area contributed by atoms with Crippen LogP contribution in [0.2, 0.25) is 0 Å². The highest BCUT2D eigenvalue weighted by Gasteiger charge is 2.24. The average Bonchev–Trinajstić information content (AvgIpc) is 2.77. The number of rotatable bonds is 13. The number of nitrogens with one attached hydrogen (secondary N) is 1. The van der Waals surface area contributed by atoms with E-state index in [4.69, 9.17) is 9.73 Å². The summed E-state index contributed by atoms with van der Waals surface area (Å²) in [6.45, 7) is 16.4. The normalized spacial score (nSPS) is 14.8. The van der Waals surface area contributed by atoms with Gasteiger partial charge in [0, 0.05) is 32.4 Å². The van der Waals surface area contributed by atoms with Crippen molar-refractivity contribution in [3.05, 3.63) is 52.7 Å². The van der Waals surface area contributed by atoms with Gasteiger partial charge in [-0.05, 0) is 74.8 Å². The maximum Gasteiger partial charge on any atom is 0.323 e. The highest BCUT2D eigenvalue weighted by Crippen LogP contribution is 2.25. The lowest BCUT2D eigenvalue weighted by molar-refractivity contribution is -0.151. The van der Waals surface area contributed by atoms with Crippen LogP contribution in [0, 0.1) is 18.8 Å². The molecule has 1 rings (SSSR count). The third kappa shape index (κ3) is 10.2. The van der Waals surface area contributed by atoms with E-state index >= 15 is 0 Å². The number of nitrogens with zero attached hydrogens (tertiary/aromatic N) is 2. The van der Waals surface area contributed by atoms with Crippen LogP contribution < -0.4 is 5.32 Å². The molecule has 0 aliphatic rings. The lowest BCUT2D eigenvalue weighted by atomic mass is 9.94. The molecule has 35 heavy (non-hydrogen) atoms. The molecule has 6 heteroatoms. The quantitative estimate of drug-likeness (QED) is 0.127. The van der Waals surface area contributed by atoms with Crippen molar-refractivity contribution in [2.24, 2.45) is 16.8 Å². The molecule has 2 atom stereocenters. The van der Waals surface area contributed by atoms with Crippen molar-refractivity contribution in [1.82, 2.24) is 10.2 Å². The van der Waals surface area contributed by atoms with Gasteiger partial charge in [-0.25, -0.2) is 0 Å². The summed E-state index contributed by atoms with van der Waals surface area (Å²) in [5, 5.41) is 3.37. The van der Waals surface area contributed by atoms with Gasteiger partial charge in [-0.15, -0.1) is 0 Å². The van der Waals surface area contributed by atoms with Crippen molar-refractivity contribution >= 4 is 23.7 Å². The molecule has 0 bridgehead atoms. The predicted molar refractivity (Wildman–Crippen MR) is 146 cm³/mol. The summed E-state index contributed by atoms with van der Waals surface area (Å²) >= 11 is 0. The van der Waals surface area contributed by atoms with Gasteiger partial charge in [0.05, 0.1) is 17.5 Å². The van der Waals surface area contributed by atoms with E-state index in [-0.39, 0.29) is 30.0 Å². The van der Waals surface area contributed by atoms with Crippen molar-refractivity contribution in [3.8, 4) is 0 Å². The minimum absolute atomic E-state index is 0.104. The molecule has 0 amide bonds. The molecule has 0 spiro atoms. The number of carbonyl (C=O) groups excluding carboxylic acids is 2. The van der Waals surface area contributed by atoms with Crippen molar-refractivity contribution in [1.29, 1.82) is 0 Å². The molecule has 0 heterocycles. The zero-order valence-electron chi connectivity index (χ0n) is 23.3. The SMILES string of the molecule is CCC(C)C(=N\c1cc(CNC(C(=O)OC(C)C)C(C)C)ccc1C)/C(/C=C(/C)C=O)=C/N(C)C. The largest absolute Gasteiger partial charge is 0.462 e. The maximum absolute atomic E-state index is 12.5. The first-order valence-electron chi connectivity index (χ1n) is 12.5. The Labute approximate surface area is 212 Å². The van der Waals surface area contributed by atoms with Gasteiger partial charge in [-0.1, -0.05) is 39.8 Å². The topological polar surface area (TPSA) is 71.0 Å². The summed E-state index contributed by atoms with van der Waals surface area (Å²) in [7, 11) is 3.93. The molecule has 0 radical (unpaired) electrons. The number of benzene rings is 1. The Morgan fingerprint density at radius 3 is 2.34 bits per heavy atom. The fourth-order valence-electron chi connectivity index (χ4n) is 3.53. The third-order valence-electron chi connectivity index (χ3n) is 5.65. The fourth-order valence-corrected chi connectivity index (χ4v) is 3.53. The van der Waals surface area contributed by atoms with Crippen LogP contribution in [-0.4, -0.2) is 49.1 Å². The second-order valence-corrected chi connectivity index (χ2v) is 10.1. The van der Waals surface area contributed by atoms with E-state index < -0.39 is 0 Å². The van der Waals surface area contributed by atoms with Gasteiger partial charge in [-0.3, -0.25) is 14.6 Å². The summed E-state index contributed by atoms with van der Waals surface area (Å²) in [6, 6.07) is 5.80. The molecule has 0 saturated carbocycles. The number of carbonyl (C=O) groups is 2. The number of esters is 1. The van der Waals surface area contributed by atoms with E-state index in [0.29, 0.717) is 12.1 Å². The Kier molecular flexibility index (Phi) is 12.7. The lowest BCUT2D eigenvalue weighted by Crippen LogP contribution is -2.42. The molecule has 0 aliphatic heterocycles. The first-order chi connectivity index (χ1) is 16.4. The summed E-state index contributed by atoms with van der Waals surface area (Å²) in [6.07, 6.45) is 5.54. The standard InChI is InChI=1S/C29H45N3O3/c1-11-22(7)28(25(17-32(9)10)14-21(6)18-33)31-26-15-24(13-12-23(26)8)16-30-27(19(2)3)29(34)35-20(4)5/h12-15,17-20,22,27,30H,11,16H2,1-10H3/b21-14-,25-17+,31-28+. The van der Waals surface area contributed by atoms with Crippen molar-refractivity contribution < 1.29 is 14.3 Å². The number of hydrogen-bond donors (Lipinski definition) is 1. The first-order valence-corrected chi connectivity index (χ1v) is 12.5. The molecule has 6 nitrogen and oxygen atoms in total. The molecule has 194 valence electrons. The Balaban J connectivity index is 3.39. The Hall–Kier alpha value is -2.73. The van der Waals surface area contributed by atoms with E-state index in [0.717, 1.165) is 40.8 Å². The summed E-state index contributed by atoms with van der Waals surface area (Å²) in [5.74, 6) is 0.0807. The van der Waals surface area contributed by atoms with Crippen LogP contribution in [0.4, 0.5) is 5.69 Å². The molecule has 0 fully saturated rings. The fraction of sp³-hybridized carbons (Fsp3) is 0.552. The van der Waals surface area contributed by atoms with Crippen LogP contribution in [-0.2, 0) is 20.9 Å². The van der Waals surface area contributed by atoms with E-state index in [1.807, 2.05) is 65.9 Å². The van der Waals surface area contributed by atoms with E-state index in [9.17, 15) is 9.59 Å². The van der Waals surface area contributed by atoms with Gasteiger partial charge in [0.1, 0.15) is 12.3 Å². The summed E-state index contributed by atoms with van der Waals surface area (Å²) in [4.78, 5) is 30.9. The number of allylic oxidation sites excluding steroid dienone is 3. The summed E-state index contributed by atoms with van der Waals surface area (Å²) < 4.78 is 5.43. The average molecular weight is 484 g/mol. The molecule has 0 aromatic heterocycles. The van der Waals surface area contributed by atoms with Crippen LogP contribution >= 0.6 is 0 Å². The third-order valence-corrected chi connectivity index (χ3v) is 5.65. The number of aryl methyl sites for hydroxylation is 1. The van der Waals surface area contributed by atoms with Crippen LogP contribution in [0.1, 0.15) is 66.0 Å². The Morgan fingerprint density at radius 2 is 1.83 bits per heavy atom. The van der Waals surface area contributed by atoms with Crippen LogP contribution in [0.5, 0.6) is 0 Å². The number of ether oxygens (including phenoxy) is 1. The highest BCUT2D eigenvalue weighted by molar-refractivity contribution is 6.06. The molecular formula is C29H45N3O3. The van der Waals surface area contributed by atoms with Gasteiger partial charge in [0.25, 0.3) is 0 Å². The van der Waals surface area contributed by atoms with Crippen molar-refractivity contribution in [3.63, 3.8) is 0 Å². The minimum atomic E-state index is -0.382. The van der Waals surface area contributed by atoms with Crippen LogP contribution in [0.15, 0.2) is 46.6 Å². The molecule has 2 unspecified atom stereocenters. The van der Waals surface area contributed by atoms with Crippen molar-refractivity contribution in [2.75, 3.05) is 14.1 Å². The molecule has 0 aliphatic carbocycles. The monoisotopic (exact) mass is 483 g/mol. The highest BCUT2D eigenvalue weighted by atomic mass is 16.5. The predicted octanol–water partition coefficient (Wildman–Crippen LogP) is 5.77. The zero-order chi connectivity index (χ0) is 26.7. The summed E-state index contributed by atoms with van der Waals surface area (Å²) in [5.41, 5.74) is 5.50. The van der Waals surface area contributed by atoms with E-state index in [2.05, 4.69) is 37.4 Å². The Morgan fingerprint density at radius 1 is 1.17 bits per heavy atom. The van der Waals surface area contributed by atoms with Gasteiger partial charge in [0.15, 0.2) is 0 Å². The van der Waals surface area contributed by atoms with Gasteiger partial charge in [-0.2, -0.15) is 0 Å². The lowest BCUT2D eigenvalue weighted by Gasteiger charge is -2.22. The van der Waals surface area contributed by atoms with Gasteiger partial charge in [0.2, 0.25) is 0 Å². The number of hydrogen-bond acceptors (Lipinski definition) is 6. The molecule has 0 saturated heterocycles. The number of aldehydes is 1. The Bertz CT molecular complexity index is 942. The van der Waals surface area contributed by atoms with Crippen LogP contribution in [0.3, 0.4) is 0 Å². The minimum Gasteiger partial charge on any atom is -0.462 e. The number of aliphatic imine (C=N–C) groups is 1.